The van der Waals surface area contributed by atoms with Gasteiger partial charge < -0.3 is 20.4 Å². The molecule has 12 heteroatoms. The van der Waals surface area contributed by atoms with E-state index in [1.165, 1.54) is 12.1 Å². The predicted octanol–water partition coefficient (Wildman–Crippen LogP) is 7.47. The molecule has 0 aromatic heterocycles. The maximum Gasteiger partial charge on any atom is 0.246 e. The standard InChI is InChI=1S/C17H15ClFN3O.C17H15ClFN3S/c2*1-22(2)15-8-14-11(7-13(15)19)17(20-9-16(23)21-14)10-5-3-4-6-12(10)18/h2*3-8H,9H2,1-2H3,(H,21,23). The first-order chi connectivity index (χ1) is 21.9. The average molecular weight is 680 g/mol. The van der Waals surface area contributed by atoms with Crippen molar-refractivity contribution in [1.82, 2.24) is 0 Å². The van der Waals surface area contributed by atoms with Gasteiger partial charge in [0, 0.05) is 60.5 Å². The Bertz CT molecular complexity index is 1770. The van der Waals surface area contributed by atoms with E-state index in [0.717, 1.165) is 11.3 Å². The third kappa shape index (κ3) is 7.04. The maximum atomic E-state index is 14.5. The fourth-order valence-corrected chi connectivity index (χ4v) is 5.65. The Hall–Kier alpha value is -4.38. The van der Waals surface area contributed by atoms with E-state index in [-0.39, 0.29) is 24.1 Å². The second-order valence-electron chi connectivity index (χ2n) is 10.9. The average Bonchev–Trinajstić information content (AvgIpc) is 3.27. The fraction of sp³-hybridized carbons (Fsp3) is 0.176. The molecule has 4 aromatic rings. The summed E-state index contributed by atoms with van der Waals surface area (Å²) in [6.45, 7) is 0.303. The molecule has 2 aliphatic rings. The van der Waals surface area contributed by atoms with E-state index < -0.39 is 0 Å². The van der Waals surface area contributed by atoms with Crippen molar-refractivity contribution in [3.8, 4) is 0 Å². The summed E-state index contributed by atoms with van der Waals surface area (Å²) in [4.78, 5) is 24.7. The smallest absolute Gasteiger partial charge is 0.246 e. The van der Waals surface area contributed by atoms with Crippen LogP contribution in [0.25, 0.3) is 0 Å². The van der Waals surface area contributed by atoms with Gasteiger partial charge in [-0.2, -0.15) is 0 Å². The highest BCUT2D eigenvalue weighted by atomic mass is 35.5. The highest BCUT2D eigenvalue weighted by Crippen LogP contribution is 2.33. The van der Waals surface area contributed by atoms with Gasteiger partial charge in [0.1, 0.15) is 23.2 Å². The van der Waals surface area contributed by atoms with Crippen molar-refractivity contribution in [2.45, 2.75) is 0 Å². The number of anilines is 4. The Balaban J connectivity index is 0.000000181. The van der Waals surface area contributed by atoms with Crippen LogP contribution in [-0.2, 0) is 4.79 Å². The molecule has 236 valence electrons. The van der Waals surface area contributed by atoms with E-state index in [1.807, 2.05) is 30.3 Å². The number of aliphatic imine (C=N–C) groups is 2. The lowest BCUT2D eigenvalue weighted by Gasteiger charge is -2.18. The molecule has 0 unspecified atom stereocenters. The number of carbonyl (C=O) groups excluding carboxylic acids is 1. The Morgan fingerprint density at radius 1 is 0.674 bits per heavy atom. The number of nitrogens with one attached hydrogen (secondary N) is 2. The minimum Gasteiger partial charge on any atom is -0.375 e. The number of hydrogen-bond donors (Lipinski definition) is 2. The number of hydrogen-bond acceptors (Lipinski definition) is 6. The fourth-order valence-electron chi connectivity index (χ4n) is 5.03. The second kappa shape index (κ2) is 13.9. The molecule has 6 rings (SSSR count). The number of halogens is 4. The van der Waals surface area contributed by atoms with Gasteiger partial charge in [-0.25, -0.2) is 8.78 Å². The molecule has 2 aliphatic heterocycles. The first-order valence-corrected chi connectivity index (χ1v) is 15.3. The molecule has 0 aliphatic carbocycles. The van der Waals surface area contributed by atoms with Crippen LogP contribution in [0.15, 0.2) is 82.8 Å². The topological polar surface area (TPSA) is 72.3 Å². The van der Waals surface area contributed by atoms with Crippen LogP contribution in [0.3, 0.4) is 0 Å². The number of fused-ring (bicyclic) bond motifs is 2. The van der Waals surface area contributed by atoms with Crippen LogP contribution in [0.1, 0.15) is 22.3 Å². The number of thiocarbonyl (C=S) groups is 1. The molecule has 0 spiro atoms. The van der Waals surface area contributed by atoms with Gasteiger partial charge in [0.05, 0.1) is 40.7 Å². The van der Waals surface area contributed by atoms with Crippen LogP contribution in [0, 0.1) is 11.6 Å². The molecule has 0 atom stereocenters. The van der Waals surface area contributed by atoms with Crippen molar-refractivity contribution in [2.24, 2.45) is 9.98 Å². The summed E-state index contributed by atoms with van der Waals surface area (Å²) in [6, 6.07) is 20.8. The van der Waals surface area contributed by atoms with Gasteiger partial charge in [-0.15, -0.1) is 0 Å². The van der Waals surface area contributed by atoms with Crippen LogP contribution >= 0.6 is 35.4 Å². The van der Waals surface area contributed by atoms with Gasteiger partial charge in [-0.05, 0) is 36.4 Å². The third-order valence-electron chi connectivity index (χ3n) is 7.22. The first kappa shape index (κ1) is 33.0. The summed E-state index contributed by atoms with van der Waals surface area (Å²) >= 11 is 17.8. The Kier molecular flexibility index (Phi) is 10.0. The minimum atomic E-state index is -0.385. The highest BCUT2D eigenvalue weighted by Gasteiger charge is 2.23. The lowest BCUT2D eigenvalue weighted by Crippen LogP contribution is -2.16. The van der Waals surface area contributed by atoms with Gasteiger partial charge in [0.25, 0.3) is 0 Å². The normalized spacial score (nSPS) is 13.7. The number of carbonyl (C=O) groups is 1. The Labute approximate surface area is 281 Å². The monoisotopic (exact) mass is 678 g/mol. The van der Waals surface area contributed by atoms with Crippen molar-refractivity contribution >= 4 is 80.5 Å². The van der Waals surface area contributed by atoms with Crippen molar-refractivity contribution in [2.75, 3.05) is 61.7 Å². The molecule has 2 heterocycles. The van der Waals surface area contributed by atoms with Gasteiger partial charge >= 0.3 is 0 Å². The van der Waals surface area contributed by atoms with E-state index in [1.54, 1.807) is 68.3 Å². The molecule has 0 bridgehead atoms. The van der Waals surface area contributed by atoms with Crippen LogP contribution in [-0.4, -0.2) is 63.6 Å². The zero-order chi connectivity index (χ0) is 33.1. The van der Waals surface area contributed by atoms with E-state index >= 15 is 0 Å². The molecular formula is C34H30Cl2F2N6OS. The van der Waals surface area contributed by atoms with Gasteiger partial charge in [-0.3, -0.25) is 14.8 Å². The number of amides is 1. The van der Waals surface area contributed by atoms with Gasteiger partial charge in [0.15, 0.2) is 0 Å². The zero-order valence-corrected chi connectivity index (χ0v) is 27.8. The van der Waals surface area contributed by atoms with E-state index in [9.17, 15) is 13.6 Å². The summed E-state index contributed by atoms with van der Waals surface area (Å²) in [5.74, 6) is -0.947. The first-order valence-electron chi connectivity index (χ1n) is 14.2. The molecule has 0 fully saturated rings. The molecule has 0 saturated heterocycles. The molecule has 0 saturated carbocycles. The van der Waals surface area contributed by atoms with Crippen LogP contribution in [0.4, 0.5) is 31.5 Å². The summed E-state index contributed by atoms with van der Waals surface area (Å²) in [6.07, 6.45) is 0. The van der Waals surface area contributed by atoms with Crippen molar-refractivity contribution < 1.29 is 13.6 Å². The zero-order valence-electron chi connectivity index (χ0n) is 25.5. The third-order valence-corrected chi connectivity index (χ3v) is 8.11. The van der Waals surface area contributed by atoms with Crippen molar-refractivity contribution in [1.29, 1.82) is 0 Å². The van der Waals surface area contributed by atoms with Crippen LogP contribution in [0.2, 0.25) is 10.0 Å². The van der Waals surface area contributed by atoms with Gasteiger partial charge in [-0.1, -0.05) is 71.8 Å². The quantitative estimate of drug-likeness (QED) is 0.219. The lowest BCUT2D eigenvalue weighted by molar-refractivity contribution is -0.114. The van der Waals surface area contributed by atoms with Crippen LogP contribution < -0.4 is 20.4 Å². The molecule has 4 aromatic carbocycles. The molecule has 2 N–H and O–H groups in total. The summed E-state index contributed by atoms with van der Waals surface area (Å²) in [5, 5.41) is 6.99. The van der Waals surface area contributed by atoms with Crippen LogP contribution in [0.5, 0.6) is 0 Å². The largest absolute Gasteiger partial charge is 0.375 e. The highest BCUT2D eigenvalue weighted by molar-refractivity contribution is 7.80. The van der Waals surface area contributed by atoms with E-state index in [4.69, 9.17) is 35.4 Å². The molecule has 7 nitrogen and oxygen atoms in total. The SMILES string of the molecule is CN(C)c1cc2c(cc1F)C(c1ccccc1Cl)=NCC(=O)N2.CN(C)c1cc2c(cc1F)C(c1ccccc1Cl)=NCC(=S)N2. The number of benzene rings is 4. The summed E-state index contributed by atoms with van der Waals surface area (Å²) in [5.41, 5.74) is 5.89. The second-order valence-corrected chi connectivity index (χ2v) is 12.2. The van der Waals surface area contributed by atoms with Crippen molar-refractivity contribution in [3.05, 3.63) is 117 Å². The van der Waals surface area contributed by atoms with E-state index in [0.29, 0.717) is 66.8 Å². The Morgan fingerprint density at radius 3 is 1.57 bits per heavy atom. The molecule has 1 amide bonds. The molecular weight excluding hydrogens is 649 g/mol. The summed E-state index contributed by atoms with van der Waals surface area (Å²) in [7, 11) is 7.07. The Morgan fingerprint density at radius 2 is 1.11 bits per heavy atom. The number of nitrogens with zero attached hydrogens (tertiary/aromatic N) is 4. The summed E-state index contributed by atoms with van der Waals surface area (Å²) < 4.78 is 28.9. The number of rotatable bonds is 4. The maximum absolute atomic E-state index is 14.5. The van der Waals surface area contributed by atoms with E-state index in [2.05, 4.69) is 20.6 Å². The molecule has 46 heavy (non-hydrogen) atoms. The minimum absolute atomic E-state index is 0.0336. The van der Waals surface area contributed by atoms with Crippen molar-refractivity contribution in [3.63, 3.8) is 0 Å². The molecule has 0 radical (unpaired) electrons. The lowest BCUT2D eigenvalue weighted by atomic mass is 9.99. The predicted molar refractivity (Wildman–Crippen MR) is 190 cm³/mol. The van der Waals surface area contributed by atoms with Gasteiger partial charge in [0.2, 0.25) is 5.91 Å². The number of benzodiazepines with no additional fused rings is 2.